The lowest BCUT2D eigenvalue weighted by Crippen LogP contribution is -2.54. The van der Waals surface area contributed by atoms with Crippen molar-refractivity contribution in [2.24, 2.45) is 0 Å². The van der Waals surface area contributed by atoms with E-state index in [1.54, 1.807) is 12.4 Å². The van der Waals surface area contributed by atoms with E-state index < -0.39 is 0 Å². The van der Waals surface area contributed by atoms with Gasteiger partial charge >= 0.3 is 0 Å². The van der Waals surface area contributed by atoms with Gasteiger partial charge in [0.2, 0.25) is 0 Å². The smallest absolute Gasteiger partial charge is 0.254 e. The molecule has 1 amide bonds. The maximum Gasteiger partial charge on any atom is 0.254 e. The van der Waals surface area contributed by atoms with Crippen LogP contribution in [-0.2, 0) is 11.8 Å². The summed E-state index contributed by atoms with van der Waals surface area (Å²) in [5.41, 5.74) is 5.11. The van der Waals surface area contributed by atoms with Crippen LogP contribution in [0.5, 0.6) is 5.75 Å². The third-order valence-electron chi connectivity index (χ3n) is 6.62. The highest BCUT2D eigenvalue weighted by atomic mass is 16.3. The van der Waals surface area contributed by atoms with Crippen LogP contribution >= 0.6 is 0 Å². The molecule has 0 saturated carbocycles. The maximum absolute atomic E-state index is 13.3. The Morgan fingerprint density at radius 2 is 2.22 bits per heavy atom. The molecule has 2 atom stereocenters. The summed E-state index contributed by atoms with van der Waals surface area (Å²) >= 11 is 0. The highest BCUT2D eigenvalue weighted by Crippen LogP contribution is 2.48. The second-order valence-corrected chi connectivity index (χ2v) is 7.92. The Kier molecular flexibility index (Phi) is 3.54. The topological polar surface area (TPSA) is 69.2 Å². The van der Waals surface area contributed by atoms with Crippen molar-refractivity contribution in [2.75, 3.05) is 6.54 Å². The van der Waals surface area contributed by atoms with E-state index in [9.17, 15) is 9.90 Å². The Morgan fingerprint density at radius 1 is 1.33 bits per heavy atom. The van der Waals surface area contributed by atoms with E-state index >= 15 is 0 Å². The van der Waals surface area contributed by atoms with Crippen molar-refractivity contribution in [3.8, 4) is 5.75 Å². The van der Waals surface area contributed by atoms with Crippen molar-refractivity contribution in [1.82, 2.24) is 14.9 Å². The van der Waals surface area contributed by atoms with Crippen molar-refractivity contribution < 1.29 is 9.90 Å². The molecule has 27 heavy (non-hydrogen) atoms. The van der Waals surface area contributed by atoms with Crippen molar-refractivity contribution in [1.29, 1.82) is 0 Å². The highest BCUT2D eigenvalue weighted by Gasteiger charge is 2.46. The molecule has 1 aliphatic carbocycles. The van der Waals surface area contributed by atoms with Gasteiger partial charge in [-0.3, -0.25) is 4.79 Å². The van der Waals surface area contributed by atoms with Gasteiger partial charge in [0.1, 0.15) is 5.75 Å². The number of carbonyl (C=O) groups excluding carboxylic acids is 1. The lowest BCUT2D eigenvalue weighted by molar-refractivity contribution is 0.0458. The molecule has 0 radical (unpaired) electrons. The number of fused-ring (bicyclic) bond motifs is 5. The minimum atomic E-state index is 0.0705. The maximum atomic E-state index is 13.3. The van der Waals surface area contributed by atoms with E-state index in [1.807, 2.05) is 30.3 Å². The Labute approximate surface area is 158 Å². The predicted octanol–water partition coefficient (Wildman–Crippen LogP) is 3.78. The second kappa shape index (κ2) is 5.84. The average molecular weight is 361 g/mol. The number of H-pyrrole nitrogens is 1. The van der Waals surface area contributed by atoms with Gasteiger partial charge in [-0.15, -0.1) is 0 Å². The van der Waals surface area contributed by atoms with Gasteiger partial charge in [-0.1, -0.05) is 13.0 Å². The number of imidazole rings is 1. The molecule has 2 unspecified atom stereocenters. The first-order chi connectivity index (χ1) is 13.1. The van der Waals surface area contributed by atoms with Crippen LogP contribution in [0.4, 0.5) is 0 Å². The molecule has 138 valence electrons. The largest absolute Gasteiger partial charge is 0.508 e. The molecule has 2 aromatic carbocycles. The van der Waals surface area contributed by atoms with E-state index in [4.69, 9.17) is 0 Å². The fourth-order valence-electron chi connectivity index (χ4n) is 5.11. The summed E-state index contributed by atoms with van der Waals surface area (Å²) in [5, 5.41) is 9.98. The lowest BCUT2D eigenvalue weighted by atomic mass is 9.62. The molecule has 0 spiro atoms. The van der Waals surface area contributed by atoms with Crippen LogP contribution in [0.25, 0.3) is 11.0 Å². The van der Waals surface area contributed by atoms with Gasteiger partial charge in [0, 0.05) is 18.2 Å². The zero-order valence-corrected chi connectivity index (χ0v) is 15.4. The molecule has 3 aromatic rings. The molecule has 2 heterocycles. The number of carbonyl (C=O) groups is 1. The summed E-state index contributed by atoms with van der Waals surface area (Å²) < 4.78 is 0. The average Bonchev–Trinajstić information content (AvgIpc) is 3.16. The molecule has 1 saturated heterocycles. The van der Waals surface area contributed by atoms with E-state index in [-0.39, 0.29) is 17.4 Å². The van der Waals surface area contributed by atoms with Crippen molar-refractivity contribution in [2.45, 2.75) is 44.1 Å². The first-order valence-electron chi connectivity index (χ1n) is 9.66. The zero-order valence-electron chi connectivity index (χ0n) is 15.4. The predicted molar refractivity (Wildman–Crippen MR) is 104 cm³/mol. The minimum Gasteiger partial charge on any atom is -0.508 e. The van der Waals surface area contributed by atoms with E-state index in [0.29, 0.717) is 11.3 Å². The first kappa shape index (κ1) is 16.4. The molecular weight excluding hydrogens is 338 g/mol. The third-order valence-corrected chi connectivity index (χ3v) is 6.62. The Balaban J connectivity index is 1.50. The van der Waals surface area contributed by atoms with Gasteiger partial charge in [0.15, 0.2) is 0 Å². The first-order valence-corrected chi connectivity index (χ1v) is 9.66. The van der Waals surface area contributed by atoms with Gasteiger partial charge in [0.05, 0.1) is 17.4 Å². The van der Waals surface area contributed by atoms with Crippen LogP contribution in [0.1, 0.15) is 47.7 Å². The molecule has 5 nitrogen and oxygen atoms in total. The number of phenolic OH excluding ortho intramolecular Hbond substituents is 1. The van der Waals surface area contributed by atoms with Crippen LogP contribution in [0.3, 0.4) is 0 Å². The number of aromatic nitrogens is 2. The molecule has 5 heteroatoms. The van der Waals surface area contributed by atoms with Gasteiger partial charge in [-0.2, -0.15) is 0 Å². The number of aromatic hydroxyl groups is 1. The number of hydrogen-bond donors (Lipinski definition) is 2. The lowest BCUT2D eigenvalue weighted by Gasteiger charge is -2.51. The minimum absolute atomic E-state index is 0.0705. The summed E-state index contributed by atoms with van der Waals surface area (Å²) in [7, 11) is 0. The number of hydrogen-bond acceptors (Lipinski definition) is 3. The summed E-state index contributed by atoms with van der Waals surface area (Å²) in [6.45, 7) is 2.98. The third kappa shape index (κ3) is 2.45. The second-order valence-electron chi connectivity index (χ2n) is 7.92. The van der Waals surface area contributed by atoms with E-state index in [0.717, 1.165) is 43.3 Å². The fourth-order valence-corrected chi connectivity index (χ4v) is 5.11. The highest BCUT2D eigenvalue weighted by molar-refractivity contribution is 5.97. The van der Waals surface area contributed by atoms with Gasteiger partial charge in [-0.25, -0.2) is 4.98 Å². The zero-order chi connectivity index (χ0) is 18.6. The molecule has 2 aliphatic rings. The number of amides is 1. The number of phenols is 1. The standard InChI is InChI=1S/C22H23N3O2/c1-2-22-7-8-25(16(12-22)9-14-3-5-17(26)11-18(14)22)21(27)15-4-6-19-20(10-15)24-13-23-19/h3-6,10-11,13,16,26H,2,7-9,12H2,1H3,(H,23,24). The molecule has 5 rings (SSSR count). The van der Waals surface area contributed by atoms with Gasteiger partial charge < -0.3 is 15.0 Å². The van der Waals surface area contributed by atoms with Crippen LogP contribution in [0, 0.1) is 0 Å². The molecule has 1 fully saturated rings. The van der Waals surface area contributed by atoms with Crippen molar-refractivity contribution in [3.05, 3.63) is 59.4 Å². The Hall–Kier alpha value is -2.82. The van der Waals surface area contributed by atoms with E-state index in [1.165, 1.54) is 11.1 Å². The van der Waals surface area contributed by atoms with Gasteiger partial charge in [0.25, 0.3) is 5.91 Å². The summed E-state index contributed by atoms with van der Waals surface area (Å²) in [6, 6.07) is 11.6. The fraction of sp³-hybridized carbons (Fsp3) is 0.364. The van der Waals surface area contributed by atoms with Crippen molar-refractivity contribution in [3.63, 3.8) is 0 Å². The summed E-state index contributed by atoms with van der Waals surface area (Å²) in [6.07, 6.45) is 5.45. The van der Waals surface area contributed by atoms with E-state index in [2.05, 4.69) is 21.8 Å². The molecule has 1 aromatic heterocycles. The number of rotatable bonds is 2. The van der Waals surface area contributed by atoms with Crippen LogP contribution < -0.4 is 0 Å². The number of nitrogens with one attached hydrogen (secondary N) is 1. The Morgan fingerprint density at radius 3 is 3.07 bits per heavy atom. The molecular formula is C22H23N3O2. The van der Waals surface area contributed by atoms with Gasteiger partial charge in [-0.05, 0) is 72.6 Å². The number of likely N-dealkylation sites (tertiary alicyclic amines) is 1. The number of aromatic amines is 1. The van der Waals surface area contributed by atoms with Crippen molar-refractivity contribution >= 4 is 16.9 Å². The molecule has 1 aliphatic heterocycles. The van der Waals surface area contributed by atoms with Crippen LogP contribution in [0.15, 0.2) is 42.7 Å². The molecule has 2 bridgehead atoms. The normalized spacial score (nSPS) is 24.0. The summed E-state index contributed by atoms with van der Waals surface area (Å²) in [5.74, 6) is 0.440. The monoisotopic (exact) mass is 361 g/mol. The van der Waals surface area contributed by atoms with Crippen LogP contribution in [0.2, 0.25) is 0 Å². The Bertz CT molecular complexity index is 1040. The van der Waals surface area contributed by atoms with Crippen LogP contribution in [-0.4, -0.2) is 38.5 Å². The quantitative estimate of drug-likeness (QED) is 0.730. The number of benzene rings is 2. The number of nitrogens with zero attached hydrogens (tertiary/aromatic N) is 2. The number of piperidine rings is 1. The molecule has 2 N–H and O–H groups in total. The SMILES string of the molecule is CCC12CCN(C(=O)c3ccc4nc[nH]c4c3)C(Cc3ccc(O)cc31)C2. The summed E-state index contributed by atoms with van der Waals surface area (Å²) in [4.78, 5) is 22.7.